The maximum absolute atomic E-state index is 13.4. The molecular formula is C119H179N21O8S2. The van der Waals surface area contributed by atoms with Gasteiger partial charge in [0, 0.05) is 172 Å². The second-order valence-electron chi connectivity index (χ2n) is 46.3. The van der Waals surface area contributed by atoms with Crippen LogP contribution in [-0.2, 0) is 85.8 Å². The van der Waals surface area contributed by atoms with Crippen LogP contribution in [0.4, 0.5) is 29.6 Å². The number of rotatable bonds is 20. The van der Waals surface area contributed by atoms with E-state index in [1.807, 2.05) is 124 Å². The van der Waals surface area contributed by atoms with Crippen molar-refractivity contribution in [2.75, 3.05) is 66.4 Å². The van der Waals surface area contributed by atoms with Gasteiger partial charge in [0.15, 0.2) is 5.78 Å². The number of anilines is 5. The molecule has 0 bridgehead atoms. The number of ether oxygens (including phenoxy) is 1. The number of methoxy groups -OCH3 is 1. The summed E-state index contributed by atoms with van der Waals surface area (Å²) in [6.45, 7) is 62.7. The van der Waals surface area contributed by atoms with Gasteiger partial charge >= 0.3 is 0 Å². The Hall–Kier alpha value is -11.9. The molecule has 2 aliphatic carbocycles. The van der Waals surface area contributed by atoms with Gasteiger partial charge in [-0.15, -0.1) is 0 Å². The van der Waals surface area contributed by atoms with Crippen LogP contribution in [0.25, 0.3) is 11.1 Å². The number of ketones is 2. The minimum Gasteiger partial charge on any atom is -0.495 e. The van der Waals surface area contributed by atoms with Crippen molar-refractivity contribution in [1.82, 2.24) is 78.4 Å². The highest BCUT2D eigenvalue weighted by Crippen LogP contribution is 2.34. The molecule has 15 rings (SSSR count). The molecule has 9 aromatic heterocycles. The van der Waals surface area contributed by atoms with Gasteiger partial charge in [-0.25, -0.2) is 61.7 Å². The number of Topliss-reactive ketones (excluding diaryl/α,β-unsaturated/α-hetero) is 2. The molecule has 11 heterocycles. The fourth-order valence-electron chi connectivity index (χ4n) is 15.9. The van der Waals surface area contributed by atoms with E-state index in [1.165, 1.54) is 69.3 Å². The van der Waals surface area contributed by atoms with Crippen molar-refractivity contribution in [1.29, 1.82) is 0 Å². The standard InChI is InChI=1S/C26H33N5O3S.C20H28N4O2S.C14H23N3O.C14H23N3.C11H16N2O.C11H16N2.C11H15NO.C9H13N.3CH4/c1-18-23(34-5)15-20(16-28-18)19-8-10-22(11-9-19)35(32,33)31-14-6-7-21(17-31)29-25-27-13-12-24(30-25)26(2,3)4;1-15-7-9-17(10-8-15)27(25,26)24-13-5-6-16(14-24)22-19-21-12-11-18(23-19)20(2,3)4;1-5-11(18)7-6-9-15-13-16-10-8-12(17-13)14(2,3)4;1-14(2,3)12-9-10-15-13(17-12)16-11-7-5-4-6-8-11;1-8(14)13-10-7-9(5-6-12-10)11(2,3)4;1-11(2,3)10-7-12-8-5-4-6-9(8)13-10;1-8(13)10-7-9(5-6-12-10)11(2,3)4;1-9(2,3)8-4-6-10-7-5-8;;;/h8-13,15-16,21H,6-7,14,17H2,1-5H3,(H,27,29,30);7-12,16H,5-6,13-14H2,1-4H3,(H,21,22,23);8,10H,5-7,9H2,1-4H3,(H,15,16,17);9-11H,4-8H2,1-3H3,(H,15,16,17);5-7H,1-4H3,(H,12,13,14);7H,4-6H2,1-3H3;5-7H,1-4H3;4-7H,1-3H3;3*1H4. The lowest BCUT2D eigenvalue weighted by Gasteiger charge is -2.32. The first-order valence-electron chi connectivity index (χ1n) is 51.8. The molecule has 2 saturated heterocycles. The number of nitrogens with zero attached hydrogens (tertiary/aromatic N) is 16. The summed E-state index contributed by atoms with van der Waals surface area (Å²) in [6.07, 6.45) is 33.3. The van der Waals surface area contributed by atoms with Gasteiger partial charge in [-0.3, -0.25) is 39.3 Å². The number of benzene rings is 2. The molecular weight excluding hydrogens is 1920 g/mol. The summed E-state index contributed by atoms with van der Waals surface area (Å²) in [6, 6.07) is 35.9. The fraction of sp³-hybridized carbons (Fsp3) is 0.538. The molecule has 150 heavy (non-hydrogen) atoms. The third-order valence-corrected chi connectivity index (χ3v) is 28.9. The van der Waals surface area contributed by atoms with Crippen LogP contribution < -0.4 is 31.3 Å². The number of carbonyl (C=O) groups excluding carboxylic acids is 3. The van der Waals surface area contributed by atoms with Gasteiger partial charge in [-0.2, -0.15) is 8.61 Å². The largest absolute Gasteiger partial charge is 0.495 e. The maximum atomic E-state index is 13.4. The number of hydrogen-bond acceptors (Lipinski definition) is 26. The number of sulfonamides is 2. The molecule has 2 unspecified atom stereocenters. The molecule has 2 atom stereocenters. The molecule has 4 aliphatic rings. The summed E-state index contributed by atoms with van der Waals surface area (Å²) in [5, 5.41) is 16.0. The Morgan fingerprint density at radius 2 is 0.807 bits per heavy atom. The van der Waals surface area contributed by atoms with E-state index in [9.17, 15) is 31.2 Å². The van der Waals surface area contributed by atoms with Crippen LogP contribution in [0.1, 0.15) is 371 Å². The third-order valence-electron chi connectivity index (χ3n) is 25.1. The molecule has 1 amide bonds. The normalized spacial score (nSPS) is 15.0. The lowest BCUT2D eigenvalue weighted by atomic mass is 9.87. The molecule has 29 nitrogen and oxygen atoms in total. The van der Waals surface area contributed by atoms with Crippen molar-refractivity contribution in [2.45, 2.75) is 391 Å². The number of carbonyl (C=O) groups is 3. The topological polar surface area (TPSA) is 376 Å². The first kappa shape index (κ1) is 129. The molecule has 31 heteroatoms. The quantitative estimate of drug-likeness (QED) is 0.0349. The molecule has 2 aliphatic heterocycles. The average Bonchev–Trinajstić information content (AvgIpc) is 0.970. The Morgan fingerprint density at radius 3 is 1.23 bits per heavy atom. The van der Waals surface area contributed by atoms with E-state index < -0.39 is 20.0 Å². The van der Waals surface area contributed by atoms with Gasteiger partial charge in [0.05, 0.1) is 62.5 Å². The molecule has 2 aromatic carbocycles. The summed E-state index contributed by atoms with van der Waals surface area (Å²) < 4.78 is 61.2. The number of hydrogen-bond donors (Lipinski definition) is 5. The Kier molecular flexibility index (Phi) is 49.3. The highest BCUT2D eigenvalue weighted by molar-refractivity contribution is 7.89. The second kappa shape index (κ2) is 57.5. The molecule has 1 saturated carbocycles. The van der Waals surface area contributed by atoms with Crippen molar-refractivity contribution < 1.29 is 36.0 Å². The van der Waals surface area contributed by atoms with Crippen LogP contribution in [0.3, 0.4) is 0 Å². The van der Waals surface area contributed by atoms with Crippen LogP contribution in [0.2, 0.25) is 0 Å². The van der Waals surface area contributed by atoms with Crippen LogP contribution in [0.5, 0.6) is 5.75 Å². The Labute approximate surface area is 900 Å². The summed E-state index contributed by atoms with van der Waals surface area (Å²) in [5.41, 5.74) is 15.9. The van der Waals surface area contributed by atoms with Gasteiger partial charge in [-0.1, -0.05) is 244 Å². The molecule has 820 valence electrons. The van der Waals surface area contributed by atoms with E-state index >= 15 is 0 Å². The number of aromatic nitrogens is 14. The predicted molar refractivity (Wildman–Crippen MR) is 615 cm³/mol. The smallest absolute Gasteiger partial charge is 0.243 e. The predicted octanol–water partition coefficient (Wildman–Crippen LogP) is 25.7. The van der Waals surface area contributed by atoms with E-state index in [4.69, 9.17) is 4.74 Å². The number of fused-ring (bicyclic) bond motifs is 1. The van der Waals surface area contributed by atoms with E-state index in [1.54, 1.807) is 77.2 Å². The minimum absolute atomic E-state index is 0. The zero-order chi connectivity index (χ0) is 109. The fourth-order valence-corrected chi connectivity index (χ4v) is 18.9. The second-order valence-corrected chi connectivity index (χ2v) is 50.2. The maximum Gasteiger partial charge on any atom is 0.243 e. The summed E-state index contributed by atoms with van der Waals surface area (Å²) >= 11 is 0. The highest BCUT2D eigenvalue weighted by Gasteiger charge is 2.34. The number of amides is 1. The van der Waals surface area contributed by atoms with Gasteiger partial charge in [0.1, 0.15) is 23.0 Å². The molecule has 11 aromatic rings. The highest BCUT2D eigenvalue weighted by atomic mass is 32.2. The van der Waals surface area contributed by atoms with Gasteiger partial charge < -0.3 is 31.3 Å². The van der Waals surface area contributed by atoms with Crippen molar-refractivity contribution in [3.63, 3.8) is 0 Å². The number of nitrogens with one attached hydrogen (secondary N) is 5. The summed E-state index contributed by atoms with van der Waals surface area (Å²) in [5.74, 6) is 4.08. The van der Waals surface area contributed by atoms with Crippen LogP contribution in [0.15, 0.2) is 187 Å². The van der Waals surface area contributed by atoms with E-state index in [2.05, 4.69) is 275 Å². The number of aryl methyl sites for hydroxylation is 4. The van der Waals surface area contributed by atoms with Crippen molar-refractivity contribution in [3.8, 4) is 16.9 Å². The zero-order valence-corrected chi connectivity index (χ0v) is 95.0. The van der Waals surface area contributed by atoms with E-state index in [0.29, 0.717) is 90.8 Å². The van der Waals surface area contributed by atoms with Crippen molar-refractivity contribution >= 4 is 67.1 Å². The molecule has 3 fully saturated rings. The summed E-state index contributed by atoms with van der Waals surface area (Å²) in [4.78, 5) is 94.7. The first-order chi connectivity index (χ1) is 68.7. The van der Waals surface area contributed by atoms with E-state index in [0.717, 1.165) is 119 Å². The molecule has 0 spiro atoms. The molecule has 0 radical (unpaired) electrons. The average molecular weight is 2100 g/mol. The summed E-state index contributed by atoms with van der Waals surface area (Å²) in [7, 11) is -5.50. The Balaban J connectivity index is 0.000000310. The van der Waals surface area contributed by atoms with Gasteiger partial charge in [-0.05, 0) is 208 Å². The Morgan fingerprint density at radius 1 is 0.400 bits per heavy atom. The zero-order valence-electron chi connectivity index (χ0n) is 93.4. The lowest BCUT2D eigenvalue weighted by molar-refractivity contribution is -0.118. The van der Waals surface area contributed by atoms with Crippen LogP contribution in [-0.4, -0.2) is 171 Å². The Bertz CT molecular complexity index is 6270. The monoisotopic (exact) mass is 2090 g/mol. The minimum atomic E-state index is -3.62. The number of pyridine rings is 4. The van der Waals surface area contributed by atoms with Crippen LogP contribution >= 0.6 is 0 Å². The van der Waals surface area contributed by atoms with E-state index in [-0.39, 0.29) is 94.3 Å². The lowest BCUT2D eigenvalue weighted by Crippen LogP contribution is -2.45. The third kappa shape index (κ3) is 42.0. The van der Waals surface area contributed by atoms with Gasteiger partial charge in [0.2, 0.25) is 49.7 Å². The SMILES string of the molecule is C.C.C.CC(=O)Nc1cc(C(C)(C)C)ccn1.CC(=O)c1cc(C(C)(C)C)ccn1.CC(C)(C)c1ccnc(NC2CCCCC2)n1.CC(C)(C)c1ccncc1.CC(C)(C)c1cnc2c(n1)CCC2.CCC(=O)CCCNc1nccc(C(C)(C)C)n1.COc1cc(-c2ccc(S(=O)(=O)N3CCCC(Nc4nccc(C(C)(C)C)n4)C3)cc2)cnc1C.Cc1ccc(S(=O)(=O)N2CCCC(Nc3nccc(C(C)(C)C)n3)C2)cc1. The van der Waals surface area contributed by atoms with Gasteiger partial charge in [0.25, 0.3) is 0 Å². The van der Waals surface area contributed by atoms with Crippen molar-refractivity contribution in [3.05, 3.63) is 251 Å². The van der Waals surface area contributed by atoms with Crippen LogP contribution in [0, 0.1) is 13.8 Å². The molecule has 5 N–H and O–H groups in total. The van der Waals surface area contributed by atoms with Crippen molar-refractivity contribution in [2.24, 2.45) is 0 Å². The number of piperidine rings is 2. The first-order valence-corrected chi connectivity index (χ1v) is 54.6.